The summed E-state index contributed by atoms with van der Waals surface area (Å²) in [5.74, 6) is 1.66. The van der Waals surface area contributed by atoms with E-state index in [-0.39, 0.29) is 5.04 Å². The smallest absolute Gasteiger partial charge is 0.192 e. The van der Waals surface area contributed by atoms with Crippen molar-refractivity contribution >= 4 is 35.9 Å². The molecular formula is C30H39N3O2Si. The number of fused-ring (bicyclic) bond motifs is 3. The van der Waals surface area contributed by atoms with E-state index in [2.05, 4.69) is 106 Å². The van der Waals surface area contributed by atoms with Crippen LogP contribution in [0.4, 0.5) is 5.82 Å². The first-order valence-electron chi connectivity index (χ1n) is 12.8. The Morgan fingerprint density at radius 3 is 2.39 bits per heavy atom. The highest BCUT2D eigenvalue weighted by molar-refractivity contribution is 6.74. The number of ether oxygens (including phenoxy) is 1. The minimum atomic E-state index is -1.74. The van der Waals surface area contributed by atoms with E-state index in [9.17, 15) is 0 Å². The van der Waals surface area contributed by atoms with Crippen LogP contribution < -0.4 is 10.5 Å². The standard InChI is InChI=1S/C30H39N3O2Si/c1-20-8-13-25-26-18-23(19-32-28(26)29(31)33-27(25)16-20)21(2)17-22-9-11-24(12-10-22)34-14-15-35-36(6,7)30(3,4)5/h8-13,16,18-19,21H,14-15,17H2,1-7H3,(H2,31,33). The zero-order valence-corrected chi connectivity index (χ0v) is 23.7. The molecule has 0 saturated heterocycles. The highest BCUT2D eigenvalue weighted by Crippen LogP contribution is 2.36. The molecule has 190 valence electrons. The monoisotopic (exact) mass is 501 g/mol. The molecule has 0 aliphatic heterocycles. The van der Waals surface area contributed by atoms with E-state index in [4.69, 9.17) is 14.9 Å². The summed E-state index contributed by atoms with van der Waals surface area (Å²) in [7, 11) is -1.74. The molecule has 0 amide bonds. The first kappa shape index (κ1) is 26.1. The number of benzene rings is 2. The van der Waals surface area contributed by atoms with Gasteiger partial charge in [-0.3, -0.25) is 4.98 Å². The molecule has 1 atom stereocenters. The van der Waals surface area contributed by atoms with Crippen molar-refractivity contribution in [3.8, 4) is 5.75 Å². The van der Waals surface area contributed by atoms with Gasteiger partial charge in [0, 0.05) is 17.0 Å². The zero-order valence-electron chi connectivity index (χ0n) is 22.7. The van der Waals surface area contributed by atoms with Crippen LogP contribution in [0.25, 0.3) is 21.8 Å². The molecule has 2 aromatic carbocycles. The molecule has 5 nitrogen and oxygen atoms in total. The van der Waals surface area contributed by atoms with Crippen LogP contribution >= 0.6 is 0 Å². The molecule has 0 saturated carbocycles. The van der Waals surface area contributed by atoms with Gasteiger partial charge in [0.1, 0.15) is 17.9 Å². The maximum absolute atomic E-state index is 6.23. The Morgan fingerprint density at radius 2 is 1.69 bits per heavy atom. The van der Waals surface area contributed by atoms with Gasteiger partial charge < -0.3 is 14.9 Å². The van der Waals surface area contributed by atoms with Crippen molar-refractivity contribution in [1.82, 2.24) is 9.97 Å². The number of nitrogens with two attached hydrogens (primary N) is 1. The number of nitrogens with zero attached hydrogens (tertiary/aromatic N) is 2. The van der Waals surface area contributed by atoms with Gasteiger partial charge in [0.25, 0.3) is 0 Å². The molecule has 2 aromatic heterocycles. The van der Waals surface area contributed by atoms with Crippen molar-refractivity contribution in [2.45, 2.75) is 65.1 Å². The average molecular weight is 502 g/mol. The minimum Gasteiger partial charge on any atom is -0.491 e. The van der Waals surface area contributed by atoms with Gasteiger partial charge >= 0.3 is 0 Å². The molecule has 0 bridgehead atoms. The molecule has 36 heavy (non-hydrogen) atoms. The van der Waals surface area contributed by atoms with Gasteiger partial charge in [-0.1, -0.05) is 52.0 Å². The van der Waals surface area contributed by atoms with Crippen molar-refractivity contribution < 1.29 is 9.16 Å². The second-order valence-corrected chi connectivity index (χ2v) is 16.2. The van der Waals surface area contributed by atoms with E-state index in [1.54, 1.807) is 0 Å². The van der Waals surface area contributed by atoms with Crippen LogP contribution in [-0.2, 0) is 10.8 Å². The van der Waals surface area contributed by atoms with Crippen LogP contribution in [0.2, 0.25) is 18.1 Å². The van der Waals surface area contributed by atoms with Crippen molar-refractivity contribution in [3.05, 3.63) is 71.4 Å². The summed E-state index contributed by atoms with van der Waals surface area (Å²) in [6.45, 7) is 16.8. The molecule has 1 unspecified atom stereocenters. The maximum Gasteiger partial charge on any atom is 0.192 e. The minimum absolute atomic E-state index is 0.210. The van der Waals surface area contributed by atoms with Crippen molar-refractivity contribution in [1.29, 1.82) is 0 Å². The lowest BCUT2D eigenvalue weighted by Gasteiger charge is -2.36. The van der Waals surface area contributed by atoms with E-state index >= 15 is 0 Å². The lowest BCUT2D eigenvalue weighted by molar-refractivity contribution is 0.203. The molecule has 4 rings (SSSR count). The quantitative estimate of drug-likeness (QED) is 0.154. The van der Waals surface area contributed by atoms with Crippen molar-refractivity contribution in [2.24, 2.45) is 0 Å². The van der Waals surface area contributed by atoms with Gasteiger partial charge in [-0.05, 0) is 78.4 Å². The summed E-state index contributed by atoms with van der Waals surface area (Å²) >= 11 is 0. The van der Waals surface area contributed by atoms with Crippen molar-refractivity contribution in [3.63, 3.8) is 0 Å². The number of pyridine rings is 2. The van der Waals surface area contributed by atoms with Crippen LogP contribution in [0, 0.1) is 6.92 Å². The number of hydrogen-bond donors (Lipinski definition) is 1. The van der Waals surface area contributed by atoms with Crippen LogP contribution in [0.5, 0.6) is 5.75 Å². The summed E-state index contributed by atoms with van der Waals surface area (Å²) in [5, 5.41) is 2.36. The Morgan fingerprint density at radius 1 is 0.972 bits per heavy atom. The first-order valence-corrected chi connectivity index (χ1v) is 15.7. The number of nitrogen functional groups attached to an aromatic ring is 1. The summed E-state index contributed by atoms with van der Waals surface area (Å²) in [4.78, 5) is 9.25. The fourth-order valence-electron chi connectivity index (χ4n) is 4.17. The summed E-state index contributed by atoms with van der Waals surface area (Å²) in [5.41, 5.74) is 11.5. The van der Waals surface area contributed by atoms with E-state index < -0.39 is 8.32 Å². The Bertz CT molecular complexity index is 1360. The van der Waals surface area contributed by atoms with E-state index in [0.29, 0.717) is 24.9 Å². The van der Waals surface area contributed by atoms with E-state index in [1.165, 1.54) is 16.7 Å². The number of aryl methyl sites for hydroxylation is 1. The highest BCUT2D eigenvalue weighted by Gasteiger charge is 2.36. The maximum atomic E-state index is 6.23. The Balaban J connectivity index is 1.41. The molecule has 0 spiro atoms. The number of rotatable bonds is 8. The third-order valence-corrected chi connectivity index (χ3v) is 12.0. The topological polar surface area (TPSA) is 70.3 Å². The van der Waals surface area contributed by atoms with Gasteiger partial charge in [-0.25, -0.2) is 4.98 Å². The second-order valence-electron chi connectivity index (χ2n) is 11.4. The van der Waals surface area contributed by atoms with E-state index in [0.717, 1.165) is 34.0 Å². The second kappa shape index (κ2) is 10.2. The van der Waals surface area contributed by atoms with E-state index in [1.807, 2.05) is 6.20 Å². The first-order chi connectivity index (χ1) is 16.9. The SMILES string of the molecule is Cc1ccc2c(c1)nc(N)c1ncc(C(C)Cc3ccc(OCCO[Si](C)(C)C(C)(C)C)cc3)cc12. The molecule has 0 aliphatic rings. The fourth-order valence-corrected chi connectivity index (χ4v) is 5.20. The predicted molar refractivity (Wildman–Crippen MR) is 153 cm³/mol. The van der Waals surface area contributed by atoms with Crippen LogP contribution in [0.3, 0.4) is 0 Å². The molecule has 6 heteroatoms. The Labute approximate surface area is 216 Å². The van der Waals surface area contributed by atoms with Crippen LogP contribution in [0.15, 0.2) is 54.7 Å². The molecule has 2 N–H and O–H groups in total. The third-order valence-electron chi connectivity index (χ3n) is 7.49. The van der Waals surface area contributed by atoms with Gasteiger partial charge in [0.05, 0.1) is 12.1 Å². The summed E-state index contributed by atoms with van der Waals surface area (Å²) in [6.07, 6.45) is 2.85. The molecular weight excluding hydrogens is 462 g/mol. The summed E-state index contributed by atoms with van der Waals surface area (Å²) in [6, 6.07) is 16.9. The number of hydrogen-bond acceptors (Lipinski definition) is 5. The molecule has 0 aliphatic carbocycles. The average Bonchev–Trinajstić information content (AvgIpc) is 2.81. The number of anilines is 1. The fraction of sp³-hybridized carbons (Fsp3) is 0.400. The summed E-state index contributed by atoms with van der Waals surface area (Å²) < 4.78 is 12.1. The van der Waals surface area contributed by atoms with Crippen molar-refractivity contribution in [2.75, 3.05) is 18.9 Å². The van der Waals surface area contributed by atoms with Gasteiger partial charge in [-0.2, -0.15) is 0 Å². The normalized spacial score (nSPS) is 13.3. The molecule has 0 fully saturated rings. The molecule has 2 heterocycles. The molecule has 0 radical (unpaired) electrons. The lowest BCUT2D eigenvalue weighted by Crippen LogP contribution is -2.41. The van der Waals surface area contributed by atoms with Gasteiger partial charge in [0.2, 0.25) is 0 Å². The Hall–Kier alpha value is -2.96. The Kier molecular flexibility index (Phi) is 7.39. The predicted octanol–water partition coefficient (Wildman–Crippen LogP) is 7.42. The van der Waals surface area contributed by atoms with Crippen LogP contribution in [0.1, 0.15) is 50.3 Å². The largest absolute Gasteiger partial charge is 0.491 e. The number of aromatic nitrogens is 2. The van der Waals surface area contributed by atoms with Gasteiger partial charge in [-0.15, -0.1) is 0 Å². The third kappa shape index (κ3) is 5.71. The van der Waals surface area contributed by atoms with Gasteiger partial charge in [0.15, 0.2) is 14.1 Å². The van der Waals surface area contributed by atoms with Crippen LogP contribution in [-0.4, -0.2) is 31.5 Å². The molecule has 4 aromatic rings. The highest BCUT2D eigenvalue weighted by atomic mass is 28.4. The lowest BCUT2D eigenvalue weighted by atomic mass is 9.93. The zero-order chi connectivity index (χ0) is 26.1.